The van der Waals surface area contributed by atoms with Crippen LogP contribution < -0.4 is 10.1 Å². The molecule has 0 aliphatic rings. The highest BCUT2D eigenvalue weighted by atomic mass is 16.5. The number of hydrogen-bond acceptors (Lipinski definition) is 3. The van der Waals surface area contributed by atoms with Crippen molar-refractivity contribution >= 4 is 5.91 Å². The number of nitrogens with one attached hydrogen (secondary N) is 1. The van der Waals surface area contributed by atoms with E-state index in [0.717, 1.165) is 17.7 Å². The van der Waals surface area contributed by atoms with E-state index < -0.39 is 0 Å². The van der Waals surface area contributed by atoms with Crippen LogP contribution in [0.25, 0.3) is 0 Å². The van der Waals surface area contributed by atoms with Gasteiger partial charge in [0.05, 0.1) is 7.11 Å². The Labute approximate surface area is 109 Å². The highest BCUT2D eigenvalue weighted by Gasteiger charge is 2.23. The second kappa shape index (κ2) is 5.38. The Morgan fingerprint density at radius 2 is 2.06 bits per heavy atom. The van der Waals surface area contributed by atoms with Crippen molar-refractivity contribution in [2.24, 2.45) is 0 Å². The summed E-state index contributed by atoms with van der Waals surface area (Å²) in [6, 6.07) is 1.93. The summed E-state index contributed by atoms with van der Waals surface area (Å²) in [6.45, 7) is 8.42. The molecule has 4 nitrogen and oxygen atoms in total. The Kier molecular flexibility index (Phi) is 4.33. The van der Waals surface area contributed by atoms with Crippen molar-refractivity contribution in [1.29, 1.82) is 0 Å². The first kappa shape index (κ1) is 14.5. The van der Waals surface area contributed by atoms with Gasteiger partial charge in [-0.25, -0.2) is 4.98 Å². The van der Waals surface area contributed by atoms with Crippen molar-refractivity contribution in [2.75, 3.05) is 14.2 Å². The third-order valence-electron chi connectivity index (χ3n) is 2.87. The zero-order chi connectivity index (χ0) is 13.9. The van der Waals surface area contributed by atoms with E-state index in [2.05, 4.69) is 31.1 Å². The number of hydrogen-bond donors (Lipinski definition) is 1. The van der Waals surface area contributed by atoms with E-state index in [4.69, 9.17) is 4.74 Å². The van der Waals surface area contributed by atoms with Gasteiger partial charge in [0.1, 0.15) is 0 Å². The summed E-state index contributed by atoms with van der Waals surface area (Å²) in [7, 11) is 3.15. The lowest BCUT2D eigenvalue weighted by atomic mass is 9.85. The number of methoxy groups -OCH3 is 1. The lowest BCUT2D eigenvalue weighted by Gasteiger charge is -2.23. The summed E-state index contributed by atoms with van der Waals surface area (Å²) < 4.78 is 5.28. The van der Waals surface area contributed by atoms with Crippen LogP contribution in [-0.4, -0.2) is 25.0 Å². The second-order valence-corrected chi connectivity index (χ2v) is 5.22. The van der Waals surface area contributed by atoms with E-state index >= 15 is 0 Å². The van der Waals surface area contributed by atoms with Gasteiger partial charge in [-0.2, -0.15) is 0 Å². The van der Waals surface area contributed by atoms with E-state index in [0.29, 0.717) is 11.4 Å². The molecule has 0 bridgehead atoms. The van der Waals surface area contributed by atoms with Crippen molar-refractivity contribution in [3.05, 3.63) is 23.0 Å². The lowest BCUT2D eigenvalue weighted by Crippen LogP contribution is -2.23. The predicted octanol–water partition coefficient (Wildman–Crippen LogP) is 2.31. The van der Waals surface area contributed by atoms with Crippen LogP contribution in [0.4, 0.5) is 0 Å². The minimum atomic E-state index is -0.220. The zero-order valence-electron chi connectivity index (χ0n) is 12.0. The molecule has 0 unspecified atom stereocenters. The van der Waals surface area contributed by atoms with Crippen molar-refractivity contribution in [3.63, 3.8) is 0 Å². The van der Waals surface area contributed by atoms with Crippen LogP contribution in [0.15, 0.2) is 6.07 Å². The molecule has 0 aliphatic carbocycles. The predicted molar refractivity (Wildman–Crippen MR) is 72.3 cm³/mol. The van der Waals surface area contributed by atoms with E-state index in [1.807, 2.05) is 13.0 Å². The molecule has 0 radical (unpaired) electrons. The van der Waals surface area contributed by atoms with E-state index in [1.54, 1.807) is 14.2 Å². The Bertz CT molecular complexity index is 448. The monoisotopic (exact) mass is 250 g/mol. The maximum Gasteiger partial charge on any atom is 0.273 e. The molecule has 0 fully saturated rings. The topological polar surface area (TPSA) is 51.2 Å². The van der Waals surface area contributed by atoms with Gasteiger partial charge in [0, 0.05) is 12.7 Å². The van der Waals surface area contributed by atoms with Gasteiger partial charge in [-0.1, -0.05) is 27.7 Å². The number of amides is 1. The SMILES string of the molecule is CCc1nc(C(=O)NC)c(OC)cc1C(C)(C)C. The van der Waals surface area contributed by atoms with Crippen LogP contribution in [-0.2, 0) is 11.8 Å². The summed E-state index contributed by atoms with van der Waals surface area (Å²) in [5.41, 5.74) is 2.40. The van der Waals surface area contributed by atoms with Gasteiger partial charge in [-0.3, -0.25) is 4.79 Å². The van der Waals surface area contributed by atoms with Crippen molar-refractivity contribution in [1.82, 2.24) is 10.3 Å². The van der Waals surface area contributed by atoms with E-state index in [9.17, 15) is 4.79 Å². The van der Waals surface area contributed by atoms with E-state index in [1.165, 1.54) is 0 Å². The van der Waals surface area contributed by atoms with E-state index in [-0.39, 0.29) is 11.3 Å². The van der Waals surface area contributed by atoms with Crippen LogP contribution >= 0.6 is 0 Å². The number of aryl methyl sites for hydroxylation is 1. The van der Waals surface area contributed by atoms with Crippen LogP contribution in [0.2, 0.25) is 0 Å². The molecule has 0 saturated heterocycles. The zero-order valence-corrected chi connectivity index (χ0v) is 12.0. The fraction of sp³-hybridized carbons (Fsp3) is 0.571. The molecule has 0 aromatic carbocycles. The minimum absolute atomic E-state index is 0.0210. The molecule has 1 heterocycles. The number of aromatic nitrogens is 1. The molecule has 0 spiro atoms. The largest absolute Gasteiger partial charge is 0.494 e. The van der Waals surface area contributed by atoms with Crippen LogP contribution in [0.5, 0.6) is 5.75 Å². The Morgan fingerprint density at radius 3 is 2.44 bits per heavy atom. The maximum atomic E-state index is 11.8. The first-order valence-corrected chi connectivity index (χ1v) is 6.15. The van der Waals surface area contributed by atoms with Gasteiger partial charge in [0.2, 0.25) is 0 Å². The number of rotatable bonds is 3. The van der Waals surface area contributed by atoms with Crippen molar-refractivity contribution < 1.29 is 9.53 Å². The summed E-state index contributed by atoms with van der Waals surface area (Å²) >= 11 is 0. The number of ether oxygens (including phenoxy) is 1. The maximum absolute atomic E-state index is 11.8. The standard InChI is InChI=1S/C14H22N2O2/c1-7-10-9(14(2,3)4)8-11(18-6)12(16-10)13(17)15-5/h8H,7H2,1-6H3,(H,15,17). The molecule has 1 aromatic rings. The van der Waals surface area contributed by atoms with Gasteiger partial charge < -0.3 is 10.1 Å². The Morgan fingerprint density at radius 1 is 1.44 bits per heavy atom. The lowest BCUT2D eigenvalue weighted by molar-refractivity contribution is 0.0954. The molecule has 1 rings (SSSR count). The van der Waals surface area contributed by atoms with Gasteiger partial charge in [-0.05, 0) is 23.5 Å². The molecule has 0 saturated carbocycles. The quantitative estimate of drug-likeness (QED) is 0.895. The van der Waals surface area contributed by atoms with Crippen LogP contribution in [0, 0.1) is 0 Å². The summed E-state index contributed by atoms with van der Waals surface area (Å²) in [5, 5.41) is 2.58. The second-order valence-electron chi connectivity index (χ2n) is 5.22. The summed E-state index contributed by atoms with van der Waals surface area (Å²) in [4.78, 5) is 16.2. The number of carbonyl (C=O) groups excluding carboxylic acids is 1. The smallest absolute Gasteiger partial charge is 0.273 e. The molecule has 1 N–H and O–H groups in total. The fourth-order valence-electron chi connectivity index (χ4n) is 1.89. The minimum Gasteiger partial charge on any atom is -0.494 e. The fourth-order valence-corrected chi connectivity index (χ4v) is 1.89. The molecular weight excluding hydrogens is 228 g/mol. The first-order chi connectivity index (χ1) is 8.35. The molecule has 0 atom stereocenters. The number of pyridine rings is 1. The molecule has 100 valence electrons. The molecular formula is C14H22N2O2. The van der Waals surface area contributed by atoms with Crippen LogP contribution in [0.3, 0.4) is 0 Å². The molecule has 1 aromatic heterocycles. The highest BCUT2D eigenvalue weighted by Crippen LogP contribution is 2.30. The van der Waals surface area contributed by atoms with Crippen molar-refractivity contribution in [2.45, 2.75) is 39.5 Å². The summed E-state index contributed by atoms with van der Waals surface area (Å²) in [5.74, 6) is 0.304. The average molecular weight is 250 g/mol. The van der Waals surface area contributed by atoms with Gasteiger partial charge in [0.15, 0.2) is 11.4 Å². The Balaban J connectivity index is 3.47. The molecule has 0 aliphatic heterocycles. The van der Waals surface area contributed by atoms with Gasteiger partial charge in [0.25, 0.3) is 5.91 Å². The normalized spacial score (nSPS) is 11.2. The Hall–Kier alpha value is -1.58. The summed E-state index contributed by atoms with van der Waals surface area (Å²) in [6.07, 6.45) is 0.792. The highest BCUT2D eigenvalue weighted by molar-refractivity contribution is 5.94. The van der Waals surface area contributed by atoms with Crippen LogP contribution in [0.1, 0.15) is 49.4 Å². The molecule has 18 heavy (non-hydrogen) atoms. The number of carbonyl (C=O) groups is 1. The van der Waals surface area contributed by atoms with Gasteiger partial charge in [-0.15, -0.1) is 0 Å². The third kappa shape index (κ3) is 2.81. The first-order valence-electron chi connectivity index (χ1n) is 6.15. The van der Waals surface area contributed by atoms with Gasteiger partial charge >= 0.3 is 0 Å². The van der Waals surface area contributed by atoms with Crippen molar-refractivity contribution in [3.8, 4) is 5.75 Å². The number of nitrogens with zero attached hydrogens (tertiary/aromatic N) is 1. The third-order valence-corrected chi connectivity index (χ3v) is 2.87. The molecule has 1 amide bonds. The average Bonchev–Trinajstić information content (AvgIpc) is 2.34. The molecule has 4 heteroatoms.